The summed E-state index contributed by atoms with van der Waals surface area (Å²) in [5.74, 6) is -1.99. The molecule has 2 amide bonds. The summed E-state index contributed by atoms with van der Waals surface area (Å²) >= 11 is 1.35. The molecule has 0 aromatic carbocycles. The quantitative estimate of drug-likeness (QED) is 0.340. The van der Waals surface area contributed by atoms with Crippen LogP contribution in [-0.4, -0.2) is 67.3 Å². The van der Waals surface area contributed by atoms with Gasteiger partial charge in [0, 0.05) is 47.8 Å². The van der Waals surface area contributed by atoms with Crippen LogP contribution in [0.25, 0.3) is 5.57 Å². The third-order valence-corrected chi connectivity index (χ3v) is 8.45. The van der Waals surface area contributed by atoms with Crippen molar-refractivity contribution in [3.63, 3.8) is 0 Å². The largest absolute Gasteiger partial charge is 0.439 e. The lowest BCUT2D eigenvalue weighted by molar-refractivity contribution is -0.119. The zero-order chi connectivity index (χ0) is 31.8. The van der Waals surface area contributed by atoms with E-state index in [1.807, 2.05) is 25.3 Å². The number of amides is 2. The SMILES string of the molecule is CO[C@H]1/C=C\C=C(/C)C(=O)NC2=CC(=O)C(c3cccs3)=C(C[C@@H](C)C[C@H](OC)[C@H](O)[C@@H](C)/C=C(\C)[C@H]1OC(N)=O)C2=O. The summed E-state index contributed by atoms with van der Waals surface area (Å²) in [7, 11) is 2.94. The van der Waals surface area contributed by atoms with Gasteiger partial charge in [0.15, 0.2) is 11.9 Å². The maximum atomic E-state index is 13.7. The summed E-state index contributed by atoms with van der Waals surface area (Å²) in [6.07, 6.45) is 3.95. The van der Waals surface area contributed by atoms with Gasteiger partial charge >= 0.3 is 6.09 Å². The molecule has 0 fully saturated rings. The molecule has 11 heteroatoms. The maximum absolute atomic E-state index is 13.7. The summed E-state index contributed by atoms with van der Waals surface area (Å²) in [4.78, 5) is 52.6. The molecule has 0 radical (unpaired) electrons. The number of hydrogen-bond donors (Lipinski definition) is 3. The minimum Gasteiger partial charge on any atom is -0.439 e. The van der Waals surface area contributed by atoms with E-state index < -0.39 is 48.1 Å². The third-order valence-electron chi connectivity index (χ3n) is 7.56. The molecule has 1 aromatic heterocycles. The van der Waals surface area contributed by atoms with E-state index in [9.17, 15) is 24.3 Å². The number of ketones is 2. The average Bonchev–Trinajstić information content (AvgIpc) is 3.48. The zero-order valence-electron chi connectivity index (χ0n) is 25.3. The number of primary amides is 1. The smallest absolute Gasteiger partial charge is 0.405 e. The first-order valence-electron chi connectivity index (χ1n) is 14.0. The molecule has 0 unspecified atom stereocenters. The van der Waals surface area contributed by atoms with Gasteiger partial charge in [-0.25, -0.2) is 4.79 Å². The highest BCUT2D eigenvalue weighted by molar-refractivity contribution is 7.11. The number of ether oxygens (including phenoxy) is 3. The summed E-state index contributed by atoms with van der Waals surface area (Å²) in [6.45, 7) is 7.03. The number of hydrogen-bond acceptors (Lipinski definition) is 9. The molecule has 0 spiro atoms. The molecule has 10 nitrogen and oxygen atoms in total. The number of carbonyl (C=O) groups is 4. The first-order chi connectivity index (χ1) is 20.4. The number of nitrogens with one attached hydrogen (secondary N) is 1. The van der Waals surface area contributed by atoms with Gasteiger partial charge < -0.3 is 30.4 Å². The third kappa shape index (κ3) is 8.47. The minimum absolute atomic E-state index is 0.103. The Bertz CT molecular complexity index is 1370. The molecule has 2 aliphatic rings. The summed E-state index contributed by atoms with van der Waals surface area (Å²) in [6, 6.07) is 3.59. The fourth-order valence-electron chi connectivity index (χ4n) is 5.28. The first kappa shape index (κ1) is 33.9. The highest BCUT2D eigenvalue weighted by Crippen LogP contribution is 2.35. The molecule has 2 heterocycles. The molecular formula is C32H40N2O8S. The van der Waals surface area contributed by atoms with E-state index in [0.29, 0.717) is 28.0 Å². The van der Waals surface area contributed by atoms with Crippen LogP contribution >= 0.6 is 11.3 Å². The van der Waals surface area contributed by atoms with Gasteiger partial charge in [0.2, 0.25) is 5.78 Å². The number of allylic oxidation sites excluding steroid dienone is 5. The summed E-state index contributed by atoms with van der Waals surface area (Å²) in [5.41, 5.74) is 6.72. The molecule has 1 aromatic rings. The van der Waals surface area contributed by atoms with Crippen LogP contribution in [0.1, 0.15) is 45.4 Å². The van der Waals surface area contributed by atoms with E-state index in [0.717, 1.165) is 0 Å². The lowest BCUT2D eigenvalue weighted by Gasteiger charge is -2.30. The van der Waals surface area contributed by atoms with Crippen molar-refractivity contribution in [2.24, 2.45) is 17.6 Å². The van der Waals surface area contributed by atoms with Crippen LogP contribution < -0.4 is 11.1 Å². The number of nitrogens with two attached hydrogens (primary N) is 1. The number of aliphatic hydroxyl groups excluding tert-OH is 1. The second-order valence-corrected chi connectivity index (χ2v) is 11.9. The second kappa shape index (κ2) is 15.2. The fraction of sp³-hybridized carbons (Fsp3) is 0.438. The van der Waals surface area contributed by atoms with Crippen LogP contribution in [0.5, 0.6) is 0 Å². The van der Waals surface area contributed by atoms with E-state index in [1.54, 1.807) is 38.1 Å². The van der Waals surface area contributed by atoms with Gasteiger partial charge in [0.1, 0.15) is 6.10 Å². The monoisotopic (exact) mass is 612 g/mol. The number of fused-ring (bicyclic) bond motifs is 2. The Hall–Kier alpha value is -3.64. The van der Waals surface area contributed by atoms with Crippen molar-refractivity contribution < 1.29 is 38.5 Å². The van der Waals surface area contributed by atoms with E-state index in [-0.39, 0.29) is 29.4 Å². The molecule has 43 heavy (non-hydrogen) atoms. The highest BCUT2D eigenvalue weighted by Gasteiger charge is 2.34. The van der Waals surface area contributed by atoms with Crippen LogP contribution in [0.15, 0.2) is 70.3 Å². The van der Waals surface area contributed by atoms with Crippen LogP contribution in [0.4, 0.5) is 4.79 Å². The number of aliphatic hydroxyl groups is 1. The van der Waals surface area contributed by atoms with E-state index in [2.05, 4.69) is 5.32 Å². The fourth-order valence-corrected chi connectivity index (χ4v) is 6.08. The Morgan fingerprint density at radius 2 is 1.86 bits per heavy atom. The molecular weight excluding hydrogens is 572 g/mol. The van der Waals surface area contributed by atoms with Gasteiger partial charge in [-0.05, 0) is 49.6 Å². The standard InChI is InChI=1S/C32H40N2O8S/c1-17-13-21-27(26-11-8-12-43-26)23(35)16-22(29(21)37)34-31(38)18(2)9-7-10-24(40-5)30(42-32(33)39)20(4)15-19(3)28(36)25(14-17)41-6/h7-12,15-17,19,24-25,28,30,36H,13-14H2,1-6H3,(H2,33,39)(H,34,38)/b10-7-,18-9+,20-15+/t17-,19+,24+,25+,28-,30-/m1/s1. The van der Waals surface area contributed by atoms with Crippen molar-refractivity contribution >= 4 is 40.5 Å². The number of rotatable bonds is 4. The Kier molecular flexibility index (Phi) is 12.0. The Balaban J connectivity index is 2.11. The van der Waals surface area contributed by atoms with Crippen LogP contribution in [0.3, 0.4) is 0 Å². The normalized spacial score (nSPS) is 31.3. The van der Waals surface area contributed by atoms with Crippen molar-refractivity contribution in [1.82, 2.24) is 5.32 Å². The average molecular weight is 613 g/mol. The molecule has 1 aliphatic carbocycles. The Morgan fingerprint density at radius 3 is 2.47 bits per heavy atom. The number of methoxy groups -OCH3 is 2. The maximum Gasteiger partial charge on any atom is 0.405 e. The van der Waals surface area contributed by atoms with Gasteiger partial charge in [-0.2, -0.15) is 0 Å². The van der Waals surface area contributed by atoms with E-state index in [1.165, 1.54) is 37.7 Å². The molecule has 4 N–H and O–H groups in total. The van der Waals surface area contributed by atoms with E-state index in [4.69, 9.17) is 19.9 Å². The lowest BCUT2D eigenvalue weighted by Crippen LogP contribution is -2.37. The molecule has 2 bridgehead atoms. The predicted molar refractivity (Wildman–Crippen MR) is 164 cm³/mol. The Morgan fingerprint density at radius 1 is 1.14 bits per heavy atom. The highest BCUT2D eigenvalue weighted by atomic mass is 32.1. The topological polar surface area (TPSA) is 154 Å². The van der Waals surface area contributed by atoms with Crippen molar-refractivity contribution in [3.8, 4) is 0 Å². The van der Waals surface area contributed by atoms with Crippen molar-refractivity contribution in [1.29, 1.82) is 0 Å². The lowest BCUT2D eigenvalue weighted by atomic mass is 9.83. The molecule has 0 saturated carbocycles. The summed E-state index contributed by atoms with van der Waals surface area (Å²) < 4.78 is 16.6. The summed E-state index contributed by atoms with van der Waals surface area (Å²) in [5, 5.41) is 15.7. The van der Waals surface area contributed by atoms with Crippen LogP contribution in [-0.2, 0) is 28.6 Å². The van der Waals surface area contributed by atoms with Crippen molar-refractivity contribution in [2.75, 3.05) is 14.2 Å². The van der Waals surface area contributed by atoms with Gasteiger partial charge in [-0.1, -0.05) is 44.2 Å². The molecule has 232 valence electrons. The number of Topliss-reactive ketones (excluding diaryl/α,β-unsaturated/α-hetero) is 1. The van der Waals surface area contributed by atoms with Gasteiger partial charge in [0.05, 0.1) is 17.9 Å². The first-order valence-corrected chi connectivity index (χ1v) is 14.9. The predicted octanol–water partition coefficient (Wildman–Crippen LogP) is 4.02. The second-order valence-electron chi connectivity index (χ2n) is 10.9. The molecule has 6 atom stereocenters. The molecule has 1 aliphatic heterocycles. The van der Waals surface area contributed by atoms with Gasteiger partial charge in [0.25, 0.3) is 5.91 Å². The zero-order valence-corrected chi connectivity index (χ0v) is 26.1. The minimum atomic E-state index is -0.996. The van der Waals surface area contributed by atoms with Gasteiger partial charge in [-0.15, -0.1) is 11.3 Å². The molecule has 0 saturated heterocycles. The van der Waals surface area contributed by atoms with Crippen LogP contribution in [0.2, 0.25) is 0 Å². The van der Waals surface area contributed by atoms with Gasteiger partial charge in [-0.3, -0.25) is 14.4 Å². The molecule has 3 rings (SSSR count). The van der Waals surface area contributed by atoms with E-state index >= 15 is 0 Å². The van der Waals surface area contributed by atoms with Crippen LogP contribution in [0, 0.1) is 11.8 Å². The Labute approximate surface area is 256 Å². The van der Waals surface area contributed by atoms with Crippen molar-refractivity contribution in [3.05, 3.63) is 75.2 Å². The number of carbonyl (C=O) groups excluding carboxylic acids is 4. The van der Waals surface area contributed by atoms with Crippen molar-refractivity contribution in [2.45, 2.75) is 65.0 Å². The number of thiophene rings is 1.